The van der Waals surface area contributed by atoms with Crippen molar-refractivity contribution in [2.24, 2.45) is 11.8 Å². The molecule has 5 aliphatic rings. The average molecular weight is 1190 g/mol. The van der Waals surface area contributed by atoms with Crippen LogP contribution < -0.4 is 5.32 Å². The number of carbonyl (C=O) groups excluding carboxylic acids is 2. The molecule has 1 amide bonds. The van der Waals surface area contributed by atoms with E-state index in [9.17, 15) is 59.6 Å². The van der Waals surface area contributed by atoms with Gasteiger partial charge in [-0.3, -0.25) is 4.79 Å². The zero-order valence-corrected chi connectivity index (χ0v) is 46.4. The number of benzene rings is 3. The summed E-state index contributed by atoms with van der Waals surface area (Å²) in [6, 6.07) is 20.2. The van der Waals surface area contributed by atoms with Crippen LogP contribution in [0.15, 0.2) is 97.3 Å². The summed E-state index contributed by atoms with van der Waals surface area (Å²) in [7, 11) is 0. The molecule has 27 heteroatoms. The molecule has 0 bridgehead atoms. The fourth-order valence-corrected chi connectivity index (χ4v) is 11.9. The molecule has 26 nitrogen and oxygen atoms in total. The van der Waals surface area contributed by atoms with Crippen LogP contribution in [0, 0.1) is 17.7 Å². The Kier molecular flexibility index (Phi) is 20.4. The van der Waals surface area contributed by atoms with Crippen molar-refractivity contribution in [3.63, 3.8) is 0 Å². The number of carboxylic acid groups (broad SMARTS) is 1. The first kappa shape index (κ1) is 61.8. The molecule has 460 valence electrons. The van der Waals surface area contributed by atoms with Crippen LogP contribution in [0.25, 0.3) is 22.5 Å². The Morgan fingerprint density at radius 3 is 2.15 bits per heavy atom. The third kappa shape index (κ3) is 14.4. The number of nitrogens with zero attached hydrogens (tertiary/aromatic N) is 6. The van der Waals surface area contributed by atoms with Crippen molar-refractivity contribution in [3.05, 3.63) is 109 Å². The number of rotatable bonds is 21. The lowest BCUT2D eigenvalue weighted by Gasteiger charge is -2.47. The number of hydrogen-bond donors (Lipinski definition) is 9. The molecule has 3 aromatic carbocycles. The van der Waals surface area contributed by atoms with Crippen molar-refractivity contribution in [1.82, 2.24) is 35.3 Å². The molecular formula is C58H72FN7O19. The molecule has 0 spiro atoms. The average Bonchev–Trinajstić information content (AvgIpc) is 2.74. The van der Waals surface area contributed by atoms with E-state index >= 15 is 0 Å². The molecule has 5 fully saturated rings. The van der Waals surface area contributed by atoms with Gasteiger partial charge in [-0.1, -0.05) is 103 Å². The molecule has 2 saturated carbocycles. The number of esters is 1. The molecule has 5 heterocycles. The van der Waals surface area contributed by atoms with Crippen LogP contribution in [-0.2, 0) is 47.5 Å². The van der Waals surface area contributed by atoms with Gasteiger partial charge in [0.05, 0.1) is 56.0 Å². The maximum Gasteiger partial charge on any atom is 0.338 e. The van der Waals surface area contributed by atoms with Gasteiger partial charge < -0.3 is 84.1 Å². The summed E-state index contributed by atoms with van der Waals surface area (Å²) in [5.74, 6) is -4.28. The van der Waals surface area contributed by atoms with Crippen LogP contribution in [-0.4, -0.2) is 213 Å². The van der Waals surface area contributed by atoms with E-state index in [2.05, 4.69) is 25.9 Å². The summed E-state index contributed by atoms with van der Waals surface area (Å²) in [6.07, 6.45) is -17.0. The monoisotopic (exact) mass is 1190 g/mol. The van der Waals surface area contributed by atoms with E-state index in [4.69, 9.17) is 37.9 Å². The highest BCUT2D eigenvalue weighted by Crippen LogP contribution is 2.42. The van der Waals surface area contributed by atoms with Gasteiger partial charge >= 0.3 is 11.9 Å². The second-order valence-corrected chi connectivity index (χ2v) is 22.3. The quantitative estimate of drug-likeness (QED) is 0.0371. The van der Waals surface area contributed by atoms with Crippen molar-refractivity contribution < 1.29 is 97.5 Å². The number of amides is 1. The number of aliphatic hydroxyl groups is 7. The Hall–Kier alpha value is -6.28. The number of aromatic nitrogens is 6. The van der Waals surface area contributed by atoms with Crippen LogP contribution in [0.4, 0.5) is 4.39 Å². The minimum absolute atomic E-state index is 0.0107. The second kappa shape index (κ2) is 28.0. The molecule has 3 aliphatic heterocycles. The summed E-state index contributed by atoms with van der Waals surface area (Å²) in [6.45, 7) is -0.206. The Bertz CT molecular complexity index is 2980. The molecule has 0 radical (unpaired) electrons. The second-order valence-electron chi connectivity index (χ2n) is 22.3. The zero-order valence-electron chi connectivity index (χ0n) is 46.4. The predicted octanol–water partition coefficient (Wildman–Crippen LogP) is 1.46. The molecule has 3 saturated heterocycles. The lowest BCUT2D eigenvalue weighted by molar-refractivity contribution is -0.338. The first-order valence-corrected chi connectivity index (χ1v) is 28.7. The fourth-order valence-electron chi connectivity index (χ4n) is 11.9. The van der Waals surface area contributed by atoms with Crippen molar-refractivity contribution in [2.45, 2.75) is 169 Å². The lowest BCUT2D eigenvalue weighted by atomic mass is 9.80. The van der Waals surface area contributed by atoms with Gasteiger partial charge in [0.1, 0.15) is 78.2 Å². The molecule has 2 aliphatic carbocycles. The number of ether oxygens (including phenoxy) is 8. The number of carbonyl (C=O) groups is 3. The Morgan fingerprint density at radius 1 is 0.741 bits per heavy atom. The number of nitrogens with one attached hydrogen (secondary N) is 1. The molecule has 10 rings (SSSR count). The summed E-state index contributed by atoms with van der Waals surface area (Å²) in [5, 5.41) is 108. The highest BCUT2D eigenvalue weighted by atomic mass is 19.1. The van der Waals surface area contributed by atoms with E-state index in [1.165, 1.54) is 52.8 Å². The Labute approximate surface area is 487 Å². The SMILES string of the molecule is CC1O[C@@H](OC2C(n3cc(-c4ccccc4)nn3)CC(C(=O)NCCO[C@H]3OC(CO)[C@@H](O)C(n4cc(-c5cccc(F)c5)nn4)C3O)C[C@H]2O[C@@H]2OC[C@H](O)C(O[C@@H](CC3CCCCC3)C(=O)O)C2OC(=O)c2ccccc2)C(O)C(O)[C@@H]1O. The van der Waals surface area contributed by atoms with E-state index in [1.54, 1.807) is 30.5 Å². The Morgan fingerprint density at radius 2 is 1.44 bits per heavy atom. The topological polar surface area (TPSA) is 360 Å². The van der Waals surface area contributed by atoms with Crippen LogP contribution in [0.5, 0.6) is 0 Å². The maximum atomic E-state index is 14.7. The molecular weight excluding hydrogens is 1120 g/mol. The maximum absolute atomic E-state index is 14.7. The molecule has 85 heavy (non-hydrogen) atoms. The molecule has 19 atom stereocenters. The summed E-state index contributed by atoms with van der Waals surface area (Å²) in [4.78, 5) is 41.8. The number of carboxylic acids is 1. The molecule has 9 N–H and O–H groups in total. The van der Waals surface area contributed by atoms with E-state index in [0.717, 1.165) is 32.1 Å². The van der Waals surface area contributed by atoms with Crippen molar-refractivity contribution in [2.75, 3.05) is 26.4 Å². The van der Waals surface area contributed by atoms with Crippen LogP contribution >= 0.6 is 0 Å². The van der Waals surface area contributed by atoms with Crippen LogP contribution in [0.1, 0.15) is 80.7 Å². The van der Waals surface area contributed by atoms with E-state index in [-0.39, 0.29) is 49.6 Å². The van der Waals surface area contributed by atoms with E-state index < -0.39 is 153 Å². The molecule has 2 aromatic heterocycles. The van der Waals surface area contributed by atoms with Crippen molar-refractivity contribution in [1.29, 1.82) is 0 Å². The van der Waals surface area contributed by atoms with Gasteiger partial charge in [0.25, 0.3) is 0 Å². The third-order valence-electron chi connectivity index (χ3n) is 16.5. The van der Waals surface area contributed by atoms with Gasteiger partial charge in [0.15, 0.2) is 31.1 Å². The zero-order chi connectivity index (χ0) is 59.9. The van der Waals surface area contributed by atoms with E-state index in [0.29, 0.717) is 16.8 Å². The summed E-state index contributed by atoms with van der Waals surface area (Å²) >= 11 is 0. The minimum Gasteiger partial charge on any atom is -0.479 e. The Balaban J connectivity index is 0.937. The van der Waals surface area contributed by atoms with Gasteiger partial charge in [-0.15, -0.1) is 10.2 Å². The highest BCUT2D eigenvalue weighted by Gasteiger charge is 2.53. The number of halogens is 1. The largest absolute Gasteiger partial charge is 0.479 e. The van der Waals surface area contributed by atoms with Gasteiger partial charge in [0.2, 0.25) is 5.91 Å². The number of hydrogen-bond acceptors (Lipinski definition) is 22. The number of aliphatic carboxylic acids is 1. The number of aliphatic hydroxyl groups excluding tert-OH is 7. The van der Waals surface area contributed by atoms with E-state index in [1.807, 2.05) is 30.3 Å². The van der Waals surface area contributed by atoms with Gasteiger partial charge in [0, 0.05) is 23.6 Å². The standard InChI is InChI=1S/C58H72FN7O19/c1-30-45(69)48(72)49(73)57(80-30)85-50-39(65-26-37(61-63-65)32-14-7-3-8-15-32)24-35(53(74)60-20-21-78-56-47(71)44(46(70)43(28-67)83-56)66-27-38(62-64-66)34-18-11-19-36(59)23-34)25-41(50)82-58-52(84-55(77)33-16-9-4-10-17-33)51(40(68)29-79-58)81-42(54(75)76)22-31-12-5-2-6-13-31/h3-4,7-11,14-19,23,26-27,30-31,35,39-52,56-58,67-73H,2,5-6,12-13,20-22,24-25,28-29H2,1H3,(H,60,74)(H,75,76)/t30?,35?,39?,40-,41+,42-,43?,44?,45+,46+,47?,48?,49?,50?,51?,52?,56-,57-,58-/m0/s1. The molecule has 5 aromatic rings. The fraction of sp³-hybridized carbons (Fsp3) is 0.569. The van der Waals surface area contributed by atoms with Gasteiger partial charge in [-0.2, -0.15) is 0 Å². The minimum atomic E-state index is -1.83. The summed E-state index contributed by atoms with van der Waals surface area (Å²) in [5.41, 5.74) is 1.81. The van der Waals surface area contributed by atoms with Crippen molar-refractivity contribution in [3.8, 4) is 22.5 Å². The highest BCUT2D eigenvalue weighted by molar-refractivity contribution is 5.89. The lowest BCUT2D eigenvalue weighted by Crippen LogP contribution is -2.62. The van der Waals surface area contributed by atoms with Gasteiger partial charge in [-0.25, -0.2) is 23.3 Å². The van der Waals surface area contributed by atoms with Crippen LogP contribution in [0.3, 0.4) is 0 Å². The van der Waals surface area contributed by atoms with Gasteiger partial charge in [-0.05, 0) is 56.4 Å². The third-order valence-corrected chi connectivity index (χ3v) is 16.5. The smallest absolute Gasteiger partial charge is 0.338 e. The first-order chi connectivity index (χ1) is 41.0. The first-order valence-electron chi connectivity index (χ1n) is 28.7. The normalized spacial score (nSPS) is 33.2. The summed E-state index contributed by atoms with van der Waals surface area (Å²) < 4.78 is 66.6. The van der Waals surface area contributed by atoms with Crippen LogP contribution in [0.2, 0.25) is 0 Å². The predicted molar refractivity (Wildman–Crippen MR) is 289 cm³/mol. The molecule has 11 unspecified atom stereocenters. The van der Waals surface area contributed by atoms with Crippen molar-refractivity contribution >= 4 is 17.8 Å².